The van der Waals surface area contributed by atoms with E-state index in [0.29, 0.717) is 50.4 Å². The first-order valence-electron chi connectivity index (χ1n) is 8.64. The van der Waals surface area contributed by atoms with Crippen LogP contribution in [0.2, 0.25) is 0 Å². The maximum atomic E-state index is 12.6. The third-order valence-electron chi connectivity index (χ3n) is 5.45. The summed E-state index contributed by atoms with van der Waals surface area (Å²) < 4.78 is 10.9. The predicted molar refractivity (Wildman–Crippen MR) is 85.6 cm³/mol. The number of amides is 1. The van der Waals surface area contributed by atoms with Gasteiger partial charge in [-0.05, 0) is 12.8 Å². The van der Waals surface area contributed by atoms with Crippen LogP contribution >= 0.6 is 0 Å². The molecule has 7 heteroatoms. The van der Waals surface area contributed by atoms with Gasteiger partial charge in [0.15, 0.2) is 5.69 Å². The fraction of sp³-hybridized carbons (Fsp3) is 0.765. The molecular formula is C17H26N2O5. The van der Waals surface area contributed by atoms with E-state index < -0.39 is 6.10 Å². The number of carbonyl (C=O) groups excluding carboxylic acids is 1. The van der Waals surface area contributed by atoms with Gasteiger partial charge < -0.3 is 24.4 Å². The van der Waals surface area contributed by atoms with E-state index in [1.807, 2.05) is 13.8 Å². The molecule has 1 saturated carbocycles. The zero-order valence-corrected chi connectivity index (χ0v) is 14.3. The number of piperidine rings is 1. The molecule has 24 heavy (non-hydrogen) atoms. The van der Waals surface area contributed by atoms with Crippen molar-refractivity contribution in [3.63, 3.8) is 0 Å². The Hall–Kier alpha value is -1.44. The summed E-state index contributed by atoms with van der Waals surface area (Å²) in [6.07, 6.45) is 1.58. The molecule has 1 aromatic rings. The Bertz CT molecular complexity index is 577. The Labute approximate surface area is 141 Å². The van der Waals surface area contributed by atoms with Gasteiger partial charge in [-0.3, -0.25) is 4.79 Å². The van der Waals surface area contributed by atoms with Crippen molar-refractivity contribution in [3.05, 3.63) is 17.5 Å². The number of likely N-dealkylation sites (tertiary alicyclic amines) is 1. The van der Waals surface area contributed by atoms with Gasteiger partial charge in [0.2, 0.25) is 0 Å². The molecule has 1 aromatic heterocycles. The first kappa shape index (κ1) is 17.4. The summed E-state index contributed by atoms with van der Waals surface area (Å²) in [6.45, 7) is 5.39. The third-order valence-corrected chi connectivity index (χ3v) is 5.45. The van der Waals surface area contributed by atoms with Crippen molar-refractivity contribution in [2.45, 2.75) is 51.2 Å². The summed E-state index contributed by atoms with van der Waals surface area (Å²) in [5.74, 6) is 0.777. The van der Waals surface area contributed by atoms with E-state index in [4.69, 9.17) is 14.4 Å². The fourth-order valence-electron chi connectivity index (χ4n) is 3.76. The van der Waals surface area contributed by atoms with Gasteiger partial charge in [0.1, 0.15) is 5.76 Å². The maximum Gasteiger partial charge on any atom is 0.276 e. The molecule has 1 spiro atoms. The lowest BCUT2D eigenvalue weighted by Crippen LogP contribution is -2.62. The van der Waals surface area contributed by atoms with E-state index >= 15 is 0 Å². The van der Waals surface area contributed by atoms with Gasteiger partial charge in [0.25, 0.3) is 5.91 Å². The van der Waals surface area contributed by atoms with Gasteiger partial charge in [-0.2, -0.15) is 0 Å². The van der Waals surface area contributed by atoms with Gasteiger partial charge in [-0.15, -0.1) is 0 Å². The Balaban J connectivity index is 1.60. The summed E-state index contributed by atoms with van der Waals surface area (Å²) in [6, 6.07) is 1.71. The van der Waals surface area contributed by atoms with Gasteiger partial charge in [0.05, 0.1) is 25.4 Å². The SMILES string of the molecule is CC(C)c1cc(C(=O)N2CCC3(CC2)[C@@H](O)C[C@H]3OCCO)no1. The number of aliphatic hydroxyl groups excluding tert-OH is 2. The summed E-state index contributed by atoms with van der Waals surface area (Å²) in [5, 5.41) is 23.0. The van der Waals surface area contributed by atoms with E-state index in [-0.39, 0.29) is 30.0 Å². The Morgan fingerprint density at radius 3 is 2.75 bits per heavy atom. The van der Waals surface area contributed by atoms with E-state index in [1.165, 1.54) is 0 Å². The molecular weight excluding hydrogens is 312 g/mol. The second-order valence-electron chi connectivity index (χ2n) is 7.13. The number of rotatable bonds is 5. The highest BCUT2D eigenvalue weighted by molar-refractivity contribution is 5.92. The van der Waals surface area contributed by atoms with Crippen molar-refractivity contribution in [1.82, 2.24) is 10.1 Å². The molecule has 2 aliphatic rings. The number of nitrogens with zero attached hydrogens (tertiary/aromatic N) is 2. The fourth-order valence-corrected chi connectivity index (χ4v) is 3.76. The number of carbonyl (C=O) groups is 1. The van der Waals surface area contributed by atoms with Crippen molar-refractivity contribution < 1.29 is 24.3 Å². The van der Waals surface area contributed by atoms with Gasteiger partial charge in [-0.25, -0.2) is 0 Å². The molecule has 2 N–H and O–H groups in total. The first-order chi connectivity index (χ1) is 11.5. The molecule has 3 rings (SSSR count). The monoisotopic (exact) mass is 338 g/mol. The number of ether oxygens (including phenoxy) is 1. The molecule has 0 bridgehead atoms. The number of hydrogen-bond acceptors (Lipinski definition) is 6. The normalized spacial score (nSPS) is 26.0. The van der Waals surface area contributed by atoms with Gasteiger partial charge in [0, 0.05) is 36.9 Å². The highest BCUT2D eigenvalue weighted by Crippen LogP contribution is 2.51. The molecule has 1 aliphatic carbocycles. The summed E-state index contributed by atoms with van der Waals surface area (Å²) in [5.41, 5.74) is 0.0654. The average molecular weight is 338 g/mol. The topological polar surface area (TPSA) is 96.0 Å². The highest BCUT2D eigenvalue weighted by atomic mass is 16.5. The molecule has 0 unspecified atom stereocenters. The van der Waals surface area contributed by atoms with Crippen LogP contribution in [0, 0.1) is 5.41 Å². The van der Waals surface area contributed by atoms with Crippen molar-refractivity contribution in [3.8, 4) is 0 Å². The molecule has 1 saturated heterocycles. The zero-order valence-electron chi connectivity index (χ0n) is 14.3. The van der Waals surface area contributed by atoms with E-state index in [0.717, 1.165) is 0 Å². The van der Waals surface area contributed by atoms with E-state index in [2.05, 4.69) is 5.16 Å². The van der Waals surface area contributed by atoms with Crippen LogP contribution in [0.1, 0.15) is 55.3 Å². The number of aromatic nitrogens is 1. The minimum Gasteiger partial charge on any atom is -0.394 e. The summed E-state index contributed by atoms with van der Waals surface area (Å²) in [7, 11) is 0. The standard InChI is InChI=1S/C17H26N2O5/c1-11(2)13-9-12(18-24-13)16(22)19-5-3-17(4-6-19)14(21)10-15(17)23-8-7-20/h9,11,14-15,20-21H,3-8,10H2,1-2H3/t14-,15+/m0/s1. The van der Waals surface area contributed by atoms with Crippen LogP contribution in [0.15, 0.2) is 10.6 Å². The largest absolute Gasteiger partial charge is 0.394 e. The molecule has 7 nitrogen and oxygen atoms in total. The lowest BCUT2D eigenvalue weighted by Gasteiger charge is -2.56. The minimum atomic E-state index is -0.391. The molecule has 1 aliphatic heterocycles. The summed E-state index contributed by atoms with van der Waals surface area (Å²) >= 11 is 0. The van der Waals surface area contributed by atoms with Crippen LogP contribution < -0.4 is 0 Å². The van der Waals surface area contributed by atoms with Crippen LogP contribution in [0.25, 0.3) is 0 Å². The molecule has 2 atom stereocenters. The Morgan fingerprint density at radius 2 is 2.21 bits per heavy atom. The quantitative estimate of drug-likeness (QED) is 0.836. The second-order valence-corrected chi connectivity index (χ2v) is 7.13. The van der Waals surface area contributed by atoms with Crippen LogP contribution in [-0.4, -0.2) is 64.7 Å². The lowest BCUT2D eigenvalue weighted by molar-refractivity contribution is -0.211. The Morgan fingerprint density at radius 1 is 1.50 bits per heavy atom. The smallest absolute Gasteiger partial charge is 0.276 e. The van der Waals surface area contributed by atoms with Crippen molar-refractivity contribution >= 4 is 5.91 Å². The van der Waals surface area contributed by atoms with Gasteiger partial charge in [-0.1, -0.05) is 19.0 Å². The molecule has 0 aromatic carbocycles. The molecule has 0 radical (unpaired) electrons. The minimum absolute atomic E-state index is 0.0162. The zero-order chi connectivity index (χ0) is 17.3. The van der Waals surface area contributed by atoms with Crippen molar-refractivity contribution in [2.24, 2.45) is 5.41 Å². The van der Waals surface area contributed by atoms with Crippen LogP contribution in [0.3, 0.4) is 0 Å². The molecule has 2 heterocycles. The highest BCUT2D eigenvalue weighted by Gasteiger charge is 2.56. The summed E-state index contributed by atoms with van der Waals surface area (Å²) in [4.78, 5) is 14.3. The molecule has 134 valence electrons. The number of hydrogen-bond donors (Lipinski definition) is 2. The number of aliphatic hydroxyl groups is 2. The van der Waals surface area contributed by atoms with Crippen LogP contribution in [0.4, 0.5) is 0 Å². The van der Waals surface area contributed by atoms with E-state index in [1.54, 1.807) is 11.0 Å². The first-order valence-corrected chi connectivity index (χ1v) is 8.64. The van der Waals surface area contributed by atoms with E-state index in [9.17, 15) is 9.90 Å². The van der Waals surface area contributed by atoms with Crippen LogP contribution in [0.5, 0.6) is 0 Å². The molecule has 2 fully saturated rings. The average Bonchev–Trinajstić information content (AvgIpc) is 3.08. The van der Waals surface area contributed by atoms with Crippen molar-refractivity contribution in [2.75, 3.05) is 26.3 Å². The van der Waals surface area contributed by atoms with Crippen molar-refractivity contribution in [1.29, 1.82) is 0 Å². The predicted octanol–water partition coefficient (Wildman–Crippen LogP) is 1.16. The second kappa shape index (κ2) is 6.82. The lowest BCUT2D eigenvalue weighted by atomic mass is 9.58. The van der Waals surface area contributed by atoms with Gasteiger partial charge >= 0.3 is 0 Å². The third kappa shape index (κ3) is 2.96. The van der Waals surface area contributed by atoms with Crippen LogP contribution in [-0.2, 0) is 4.74 Å². The maximum absolute atomic E-state index is 12.6. The molecule has 1 amide bonds. The Kier molecular flexibility index (Phi) is 4.94.